The molecule has 0 saturated heterocycles. The van der Waals surface area contributed by atoms with Crippen LogP contribution in [0.15, 0.2) is 85.5 Å². The van der Waals surface area contributed by atoms with Gasteiger partial charge in [-0.15, -0.1) is 0 Å². The molecule has 4 aromatic rings. The number of aromatic nitrogens is 1. The molecule has 1 unspecified atom stereocenters. The van der Waals surface area contributed by atoms with E-state index in [0.29, 0.717) is 32.9 Å². The Bertz CT molecular complexity index is 1360. The summed E-state index contributed by atoms with van der Waals surface area (Å²) in [5.74, 6) is 0.866. The number of amides is 1. The van der Waals surface area contributed by atoms with Crippen LogP contribution in [0.5, 0.6) is 5.75 Å². The summed E-state index contributed by atoms with van der Waals surface area (Å²) in [6.45, 7) is -0.208. The second kappa shape index (κ2) is 9.29. The predicted octanol–water partition coefficient (Wildman–Crippen LogP) is 6.76. The molecule has 1 amide bonds. The van der Waals surface area contributed by atoms with Gasteiger partial charge in [0.2, 0.25) is 0 Å². The number of benzene rings is 2. The fraction of sp³-hybridized carbons (Fsp3) is 0.125. The summed E-state index contributed by atoms with van der Waals surface area (Å²) in [4.78, 5) is 17.7. The molecular weight excluding hydrogens is 574 g/mol. The molecule has 166 valence electrons. The SMILES string of the molecule is O=C(COc1c(Br)cc(Br)c2cccnc12)N1N=C(c2ccc(Cl)cc2)CC1c1ccco1. The molecule has 0 fully saturated rings. The summed E-state index contributed by atoms with van der Waals surface area (Å²) in [5, 5.41) is 7.59. The van der Waals surface area contributed by atoms with Crippen molar-refractivity contribution in [1.82, 2.24) is 9.99 Å². The first-order valence-corrected chi connectivity index (χ1v) is 12.0. The molecule has 0 aliphatic carbocycles. The van der Waals surface area contributed by atoms with Crippen LogP contribution >= 0.6 is 43.5 Å². The highest BCUT2D eigenvalue weighted by Crippen LogP contribution is 2.38. The Morgan fingerprint density at radius 3 is 2.73 bits per heavy atom. The Labute approximate surface area is 211 Å². The van der Waals surface area contributed by atoms with E-state index in [1.807, 2.05) is 36.4 Å². The topological polar surface area (TPSA) is 67.9 Å². The quantitative estimate of drug-likeness (QED) is 0.258. The first-order chi connectivity index (χ1) is 16.0. The number of hydrogen-bond acceptors (Lipinski definition) is 5. The third-order valence-corrected chi connectivity index (χ3v) is 6.80. The highest BCUT2D eigenvalue weighted by Gasteiger charge is 2.35. The number of carbonyl (C=O) groups excluding carboxylic acids is 1. The van der Waals surface area contributed by atoms with Crippen LogP contribution in [0.3, 0.4) is 0 Å². The minimum atomic E-state index is -0.356. The smallest absolute Gasteiger partial charge is 0.281 e. The molecule has 0 spiro atoms. The predicted molar refractivity (Wildman–Crippen MR) is 134 cm³/mol. The van der Waals surface area contributed by atoms with Crippen molar-refractivity contribution in [1.29, 1.82) is 0 Å². The lowest BCUT2D eigenvalue weighted by molar-refractivity contribution is -0.135. The van der Waals surface area contributed by atoms with Crippen LogP contribution in [-0.2, 0) is 4.79 Å². The van der Waals surface area contributed by atoms with Gasteiger partial charge < -0.3 is 9.15 Å². The van der Waals surface area contributed by atoms with E-state index in [1.54, 1.807) is 30.7 Å². The van der Waals surface area contributed by atoms with Gasteiger partial charge in [0.1, 0.15) is 17.3 Å². The summed E-state index contributed by atoms with van der Waals surface area (Å²) in [5.41, 5.74) is 2.33. The monoisotopic (exact) mass is 587 g/mol. The average Bonchev–Trinajstić information content (AvgIpc) is 3.49. The number of ether oxygens (including phenoxy) is 1. The standard InChI is InChI=1S/C24H16Br2ClN3O3/c25-17-11-18(26)24(23-16(17)3-1-9-28-23)33-13-22(31)30-20(21-4-2-10-32-21)12-19(29-30)14-5-7-15(27)8-6-14/h1-11,20H,12-13H2. The molecule has 0 N–H and O–H groups in total. The van der Waals surface area contributed by atoms with Crippen LogP contribution in [0.2, 0.25) is 5.02 Å². The second-order valence-electron chi connectivity index (χ2n) is 7.38. The number of fused-ring (bicyclic) bond motifs is 1. The normalized spacial score (nSPS) is 15.7. The summed E-state index contributed by atoms with van der Waals surface area (Å²) in [7, 11) is 0. The molecule has 0 saturated carbocycles. The third-order valence-electron chi connectivity index (χ3n) is 5.31. The Morgan fingerprint density at radius 1 is 1.15 bits per heavy atom. The molecule has 6 nitrogen and oxygen atoms in total. The number of halogens is 3. The van der Waals surface area contributed by atoms with E-state index in [2.05, 4.69) is 41.9 Å². The Balaban J connectivity index is 1.42. The van der Waals surface area contributed by atoms with E-state index in [4.69, 9.17) is 20.8 Å². The molecule has 3 heterocycles. The molecule has 33 heavy (non-hydrogen) atoms. The number of hydrazone groups is 1. The van der Waals surface area contributed by atoms with Crippen LogP contribution in [-0.4, -0.2) is 28.2 Å². The van der Waals surface area contributed by atoms with E-state index in [9.17, 15) is 4.79 Å². The van der Waals surface area contributed by atoms with E-state index in [-0.39, 0.29) is 18.6 Å². The van der Waals surface area contributed by atoms with Crippen molar-refractivity contribution in [2.75, 3.05) is 6.61 Å². The molecule has 2 aromatic heterocycles. The summed E-state index contributed by atoms with van der Waals surface area (Å²) < 4.78 is 13.1. The van der Waals surface area contributed by atoms with E-state index in [1.165, 1.54) is 5.01 Å². The van der Waals surface area contributed by atoms with Crippen LogP contribution in [0.1, 0.15) is 23.8 Å². The van der Waals surface area contributed by atoms with Gasteiger partial charge in [-0.05, 0) is 57.9 Å². The first kappa shape index (κ1) is 22.1. The van der Waals surface area contributed by atoms with Crippen molar-refractivity contribution in [2.24, 2.45) is 5.10 Å². The lowest BCUT2D eigenvalue weighted by Gasteiger charge is -2.20. The number of pyridine rings is 1. The van der Waals surface area contributed by atoms with E-state index < -0.39 is 0 Å². The molecule has 0 bridgehead atoms. The minimum absolute atomic E-state index is 0.208. The first-order valence-electron chi connectivity index (χ1n) is 10.1. The van der Waals surface area contributed by atoms with Gasteiger partial charge in [0.25, 0.3) is 5.91 Å². The van der Waals surface area contributed by atoms with Gasteiger partial charge >= 0.3 is 0 Å². The Kier molecular flexibility index (Phi) is 6.23. The van der Waals surface area contributed by atoms with Crippen molar-refractivity contribution >= 4 is 66.0 Å². The third kappa shape index (κ3) is 4.43. The zero-order valence-electron chi connectivity index (χ0n) is 17.0. The molecular formula is C24H16Br2ClN3O3. The highest BCUT2D eigenvalue weighted by atomic mass is 79.9. The van der Waals surface area contributed by atoms with Crippen molar-refractivity contribution in [3.05, 3.63) is 92.3 Å². The van der Waals surface area contributed by atoms with Crippen LogP contribution in [0, 0.1) is 0 Å². The maximum atomic E-state index is 13.3. The summed E-state index contributed by atoms with van der Waals surface area (Å²) >= 11 is 13.1. The zero-order chi connectivity index (χ0) is 22.9. The molecule has 5 rings (SSSR count). The largest absolute Gasteiger partial charge is 0.480 e. The molecule has 1 atom stereocenters. The van der Waals surface area contributed by atoms with E-state index >= 15 is 0 Å². The number of nitrogens with zero attached hydrogens (tertiary/aromatic N) is 3. The Morgan fingerprint density at radius 2 is 1.97 bits per heavy atom. The van der Waals surface area contributed by atoms with Gasteiger partial charge in [0.15, 0.2) is 12.4 Å². The number of hydrogen-bond donors (Lipinski definition) is 0. The van der Waals surface area contributed by atoms with Gasteiger partial charge in [-0.1, -0.05) is 45.7 Å². The van der Waals surface area contributed by atoms with Crippen LogP contribution in [0.4, 0.5) is 0 Å². The molecule has 1 aliphatic rings. The number of carbonyl (C=O) groups is 1. The Hall–Kier alpha value is -2.68. The zero-order valence-corrected chi connectivity index (χ0v) is 21.0. The fourth-order valence-corrected chi connectivity index (χ4v) is 5.26. The van der Waals surface area contributed by atoms with Crippen molar-refractivity contribution in [3.8, 4) is 5.75 Å². The van der Waals surface area contributed by atoms with Gasteiger partial charge in [0.05, 0.1) is 16.4 Å². The van der Waals surface area contributed by atoms with Gasteiger partial charge in [-0.25, -0.2) is 5.01 Å². The fourth-order valence-electron chi connectivity index (χ4n) is 3.74. The van der Waals surface area contributed by atoms with Crippen LogP contribution < -0.4 is 4.74 Å². The van der Waals surface area contributed by atoms with Crippen molar-refractivity contribution in [2.45, 2.75) is 12.5 Å². The summed E-state index contributed by atoms with van der Waals surface area (Å²) in [6, 6.07) is 16.3. The van der Waals surface area contributed by atoms with Gasteiger partial charge in [-0.3, -0.25) is 9.78 Å². The molecule has 0 radical (unpaired) electrons. The molecule has 9 heteroatoms. The minimum Gasteiger partial charge on any atom is -0.480 e. The highest BCUT2D eigenvalue weighted by molar-refractivity contribution is 9.11. The van der Waals surface area contributed by atoms with Crippen molar-refractivity contribution in [3.63, 3.8) is 0 Å². The van der Waals surface area contributed by atoms with Crippen molar-refractivity contribution < 1.29 is 13.9 Å². The van der Waals surface area contributed by atoms with Gasteiger partial charge in [0, 0.05) is 27.5 Å². The number of rotatable bonds is 5. The molecule has 2 aromatic carbocycles. The summed E-state index contributed by atoms with van der Waals surface area (Å²) in [6.07, 6.45) is 3.80. The maximum absolute atomic E-state index is 13.3. The second-order valence-corrected chi connectivity index (χ2v) is 9.53. The number of furan rings is 1. The van der Waals surface area contributed by atoms with E-state index in [0.717, 1.165) is 21.1 Å². The van der Waals surface area contributed by atoms with Gasteiger partial charge in [-0.2, -0.15) is 5.10 Å². The molecule has 1 aliphatic heterocycles. The van der Waals surface area contributed by atoms with Crippen LogP contribution in [0.25, 0.3) is 10.9 Å². The lowest BCUT2D eigenvalue weighted by Crippen LogP contribution is -2.31. The lowest BCUT2D eigenvalue weighted by atomic mass is 10.0. The average molecular weight is 590 g/mol. The maximum Gasteiger partial charge on any atom is 0.281 e.